The maximum atomic E-state index is 5.78. The minimum Gasteiger partial charge on any atom is -0.395 e. The maximum absolute atomic E-state index is 5.78. The molecule has 0 aliphatic carbocycles. The molecule has 0 aromatic carbocycles. The van der Waals surface area contributed by atoms with E-state index in [-0.39, 0.29) is 12.4 Å². The van der Waals surface area contributed by atoms with Gasteiger partial charge in [0.15, 0.2) is 6.29 Å². The van der Waals surface area contributed by atoms with Crippen LogP contribution in [0.3, 0.4) is 0 Å². The largest absolute Gasteiger partial charge is 0.395 e. The second-order valence-electron chi connectivity index (χ2n) is 4.47. The van der Waals surface area contributed by atoms with Gasteiger partial charge in [0.2, 0.25) is 0 Å². The third kappa shape index (κ3) is 5.48. The van der Waals surface area contributed by atoms with Crippen molar-refractivity contribution in [3.63, 3.8) is 0 Å². The summed E-state index contributed by atoms with van der Waals surface area (Å²) >= 11 is 0. The molecule has 0 bridgehead atoms. The Morgan fingerprint density at radius 1 is 1.12 bits per heavy atom. The van der Waals surface area contributed by atoms with Gasteiger partial charge in [0.1, 0.15) is 6.10 Å². The molecule has 2 unspecified atom stereocenters. The van der Waals surface area contributed by atoms with Gasteiger partial charge in [0, 0.05) is 25.9 Å². The van der Waals surface area contributed by atoms with Crippen LogP contribution in [0.2, 0.25) is 12.6 Å². The number of unbranched alkanes of at least 4 members (excludes halogenated alkanes) is 1. The average molecular weight is 262 g/mol. The summed E-state index contributed by atoms with van der Waals surface area (Å²) in [7, 11) is -2.04. The fourth-order valence-corrected chi connectivity index (χ4v) is 4.46. The second kappa shape index (κ2) is 7.48. The molecule has 0 radical (unpaired) electrons. The van der Waals surface area contributed by atoms with Crippen LogP contribution in [0.15, 0.2) is 0 Å². The van der Waals surface area contributed by atoms with E-state index in [0.717, 1.165) is 25.5 Å². The zero-order chi connectivity index (χ0) is 12.7. The summed E-state index contributed by atoms with van der Waals surface area (Å²) < 4.78 is 22.7. The summed E-state index contributed by atoms with van der Waals surface area (Å²) in [4.78, 5) is 0. The van der Waals surface area contributed by atoms with E-state index < -0.39 is 8.56 Å². The normalized spacial score (nSPS) is 24.0. The molecule has 0 aromatic rings. The first-order valence-corrected chi connectivity index (χ1v) is 9.22. The first-order valence-electron chi connectivity index (χ1n) is 6.70. The smallest absolute Gasteiger partial charge is 0.337 e. The Balaban J connectivity index is 2.23. The van der Waals surface area contributed by atoms with Gasteiger partial charge in [-0.2, -0.15) is 0 Å². The topological polar surface area (TPSA) is 40.2 Å². The number of rotatable bonds is 10. The third-order valence-corrected chi connectivity index (χ3v) is 5.73. The lowest BCUT2D eigenvalue weighted by atomic mass is 10.4. The quantitative estimate of drug-likeness (QED) is 0.345. The predicted molar refractivity (Wildman–Crippen MR) is 69.2 cm³/mol. The van der Waals surface area contributed by atoms with Crippen molar-refractivity contribution in [2.75, 3.05) is 19.8 Å². The molecule has 5 heteroatoms. The molecule has 17 heavy (non-hydrogen) atoms. The molecule has 1 aliphatic heterocycles. The van der Waals surface area contributed by atoms with Crippen molar-refractivity contribution in [3.8, 4) is 0 Å². The molecule has 0 N–H and O–H groups in total. The van der Waals surface area contributed by atoms with Crippen LogP contribution in [-0.4, -0.2) is 40.8 Å². The van der Waals surface area contributed by atoms with Crippen LogP contribution < -0.4 is 0 Å². The van der Waals surface area contributed by atoms with Gasteiger partial charge in [-0.05, 0) is 26.8 Å². The Morgan fingerprint density at radius 3 is 2.29 bits per heavy atom. The van der Waals surface area contributed by atoms with Crippen LogP contribution in [0.1, 0.15) is 33.6 Å². The van der Waals surface area contributed by atoms with Crippen molar-refractivity contribution in [2.45, 2.75) is 58.6 Å². The summed E-state index contributed by atoms with van der Waals surface area (Å²) in [6.45, 7) is 10.5. The minimum absolute atomic E-state index is 0.0192. The SMILES string of the molecule is CCCCOC1OC1C[Si](C)(OCC)OCC. The van der Waals surface area contributed by atoms with Crippen LogP contribution in [-0.2, 0) is 18.3 Å². The minimum atomic E-state index is -2.04. The van der Waals surface area contributed by atoms with Crippen molar-refractivity contribution in [1.82, 2.24) is 0 Å². The van der Waals surface area contributed by atoms with Gasteiger partial charge in [-0.25, -0.2) is 0 Å². The Kier molecular flexibility index (Phi) is 6.65. The van der Waals surface area contributed by atoms with Gasteiger partial charge in [0.05, 0.1) is 0 Å². The average Bonchev–Trinajstić information content (AvgIpc) is 2.97. The molecule has 0 amide bonds. The molecular weight excluding hydrogens is 236 g/mol. The third-order valence-electron chi connectivity index (χ3n) is 2.79. The van der Waals surface area contributed by atoms with Crippen molar-refractivity contribution in [2.24, 2.45) is 0 Å². The van der Waals surface area contributed by atoms with Crippen molar-refractivity contribution >= 4 is 8.56 Å². The number of hydrogen-bond acceptors (Lipinski definition) is 4. The van der Waals surface area contributed by atoms with Gasteiger partial charge < -0.3 is 18.3 Å². The molecule has 4 nitrogen and oxygen atoms in total. The molecule has 0 saturated carbocycles. The van der Waals surface area contributed by atoms with Crippen molar-refractivity contribution < 1.29 is 18.3 Å². The molecule has 1 heterocycles. The monoisotopic (exact) mass is 262 g/mol. The van der Waals surface area contributed by atoms with E-state index in [1.807, 2.05) is 13.8 Å². The lowest BCUT2D eigenvalue weighted by Gasteiger charge is -2.25. The van der Waals surface area contributed by atoms with Crippen LogP contribution >= 0.6 is 0 Å². The molecule has 102 valence electrons. The highest BCUT2D eigenvalue weighted by Gasteiger charge is 2.47. The van der Waals surface area contributed by atoms with Gasteiger partial charge in [-0.15, -0.1) is 0 Å². The van der Waals surface area contributed by atoms with E-state index in [2.05, 4.69) is 13.5 Å². The summed E-state index contributed by atoms with van der Waals surface area (Å²) in [6.07, 6.45) is 2.41. The van der Waals surface area contributed by atoms with E-state index in [1.54, 1.807) is 0 Å². The molecule has 1 rings (SSSR count). The summed E-state index contributed by atoms with van der Waals surface area (Å²) in [5.41, 5.74) is 0. The highest BCUT2D eigenvalue weighted by Crippen LogP contribution is 2.32. The summed E-state index contributed by atoms with van der Waals surface area (Å²) in [6, 6.07) is 0.867. The highest BCUT2D eigenvalue weighted by atomic mass is 28.4. The number of epoxide rings is 1. The van der Waals surface area contributed by atoms with Crippen molar-refractivity contribution in [1.29, 1.82) is 0 Å². The van der Waals surface area contributed by atoms with Crippen LogP contribution in [0.5, 0.6) is 0 Å². The summed E-state index contributed by atoms with van der Waals surface area (Å²) in [5, 5.41) is 0. The fraction of sp³-hybridized carbons (Fsp3) is 1.00. The molecule has 0 aromatic heterocycles. The first-order chi connectivity index (χ1) is 8.15. The maximum Gasteiger partial charge on any atom is 0.337 e. The lowest BCUT2D eigenvalue weighted by Crippen LogP contribution is -2.40. The Morgan fingerprint density at radius 2 is 1.76 bits per heavy atom. The standard InChI is InChI=1S/C12H26O4Si/c1-5-8-9-13-12-11(16-12)10-17(4,14-6-2)15-7-3/h11-12H,5-10H2,1-4H3. The van der Waals surface area contributed by atoms with Crippen LogP contribution in [0.25, 0.3) is 0 Å². The number of hydrogen-bond donors (Lipinski definition) is 0. The van der Waals surface area contributed by atoms with Gasteiger partial charge >= 0.3 is 8.56 Å². The fourth-order valence-electron chi connectivity index (χ4n) is 1.90. The van der Waals surface area contributed by atoms with Crippen molar-refractivity contribution in [3.05, 3.63) is 0 Å². The van der Waals surface area contributed by atoms with E-state index in [9.17, 15) is 0 Å². The molecule has 2 atom stereocenters. The lowest BCUT2D eigenvalue weighted by molar-refractivity contribution is 0.0486. The number of ether oxygens (including phenoxy) is 2. The summed E-state index contributed by atoms with van der Waals surface area (Å²) in [5.74, 6) is 0. The Hall–Kier alpha value is 0.0569. The molecule has 1 fully saturated rings. The second-order valence-corrected chi connectivity index (χ2v) is 7.72. The predicted octanol–water partition coefficient (Wildman–Crippen LogP) is 2.67. The molecule has 0 spiro atoms. The Bertz CT molecular complexity index is 207. The van der Waals surface area contributed by atoms with Gasteiger partial charge in [-0.1, -0.05) is 13.3 Å². The molecule has 1 aliphatic rings. The molecular formula is C12H26O4Si. The zero-order valence-corrected chi connectivity index (χ0v) is 12.5. The van der Waals surface area contributed by atoms with Gasteiger partial charge in [-0.3, -0.25) is 0 Å². The van der Waals surface area contributed by atoms with E-state index in [4.69, 9.17) is 18.3 Å². The molecule has 1 saturated heterocycles. The van der Waals surface area contributed by atoms with E-state index >= 15 is 0 Å². The van der Waals surface area contributed by atoms with Gasteiger partial charge in [0.25, 0.3) is 0 Å². The zero-order valence-electron chi connectivity index (χ0n) is 11.5. The van der Waals surface area contributed by atoms with Crippen LogP contribution in [0, 0.1) is 0 Å². The highest BCUT2D eigenvalue weighted by molar-refractivity contribution is 6.66. The van der Waals surface area contributed by atoms with E-state index in [1.165, 1.54) is 0 Å². The Labute approximate surface area is 106 Å². The first kappa shape index (κ1) is 15.1. The van der Waals surface area contributed by atoms with E-state index in [0.29, 0.717) is 13.2 Å². The van der Waals surface area contributed by atoms with Crippen LogP contribution in [0.4, 0.5) is 0 Å².